The predicted molar refractivity (Wildman–Crippen MR) is 45.3 cm³/mol. The van der Waals surface area contributed by atoms with Crippen LogP contribution in [0, 0.1) is 0 Å². The molecule has 0 spiro atoms. The number of hydrogen-bond donors (Lipinski definition) is 1. The second-order valence-corrected chi connectivity index (χ2v) is 3.44. The minimum atomic E-state index is 0.506. The van der Waals surface area contributed by atoms with Gasteiger partial charge in [-0.05, 0) is 6.42 Å². The van der Waals surface area contributed by atoms with Gasteiger partial charge in [0.25, 0.3) is 0 Å². The fraction of sp³-hybridized carbons (Fsp3) is 0.714. The van der Waals surface area contributed by atoms with Gasteiger partial charge in [-0.15, -0.1) is 0 Å². The molecule has 0 amide bonds. The first-order valence-corrected chi connectivity index (χ1v) is 4.19. The monoisotopic (exact) mass is 205 g/mol. The third-order valence-corrected chi connectivity index (χ3v) is 2.16. The van der Waals surface area contributed by atoms with E-state index in [1.807, 2.05) is 0 Å². The minimum absolute atomic E-state index is 0.506. The fourth-order valence-electron chi connectivity index (χ4n) is 0.996. The van der Waals surface area contributed by atoms with Gasteiger partial charge in [0.05, 0.1) is 6.61 Å². The van der Waals surface area contributed by atoms with Crippen molar-refractivity contribution in [1.82, 2.24) is 5.32 Å². The summed E-state index contributed by atoms with van der Waals surface area (Å²) in [5, 5.41) is 3.33. The second-order valence-electron chi connectivity index (χ2n) is 2.42. The SMILES string of the molecule is COCC1CC=C(Br)CN1. The molecule has 1 rings (SSSR count). The minimum Gasteiger partial charge on any atom is -0.383 e. The molecule has 0 bridgehead atoms. The molecule has 1 aliphatic heterocycles. The molecular formula is C7H12BrNO. The second kappa shape index (κ2) is 4.11. The maximum Gasteiger partial charge on any atom is 0.0618 e. The van der Waals surface area contributed by atoms with Crippen LogP contribution >= 0.6 is 15.9 Å². The molecular weight excluding hydrogens is 194 g/mol. The Kier molecular flexibility index (Phi) is 3.39. The van der Waals surface area contributed by atoms with Crippen LogP contribution in [0.1, 0.15) is 6.42 Å². The molecule has 0 aliphatic carbocycles. The average molecular weight is 206 g/mol. The van der Waals surface area contributed by atoms with Crippen LogP contribution in [-0.4, -0.2) is 26.3 Å². The molecule has 1 atom stereocenters. The van der Waals surface area contributed by atoms with E-state index in [0.717, 1.165) is 19.6 Å². The van der Waals surface area contributed by atoms with Gasteiger partial charge in [-0.25, -0.2) is 0 Å². The van der Waals surface area contributed by atoms with Gasteiger partial charge in [0.1, 0.15) is 0 Å². The van der Waals surface area contributed by atoms with Gasteiger partial charge in [0.2, 0.25) is 0 Å². The van der Waals surface area contributed by atoms with Gasteiger partial charge in [-0.3, -0.25) is 0 Å². The summed E-state index contributed by atoms with van der Waals surface area (Å²) in [6.07, 6.45) is 3.26. The molecule has 0 aromatic rings. The lowest BCUT2D eigenvalue weighted by Gasteiger charge is -2.20. The van der Waals surface area contributed by atoms with E-state index in [-0.39, 0.29) is 0 Å². The summed E-state index contributed by atoms with van der Waals surface area (Å²) in [7, 11) is 1.73. The van der Waals surface area contributed by atoms with Gasteiger partial charge in [0.15, 0.2) is 0 Å². The molecule has 58 valence electrons. The highest BCUT2D eigenvalue weighted by Gasteiger charge is 2.10. The van der Waals surface area contributed by atoms with Crippen molar-refractivity contribution in [2.45, 2.75) is 12.5 Å². The van der Waals surface area contributed by atoms with E-state index in [4.69, 9.17) is 4.74 Å². The summed E-state index contributed by atoms with van der Waals surface area (Å²) in [5.74, 6) is 0. The van der Waals surface area contributed by atoms with E-state index >= 15 is 0 Å². The topological polar surface area (TPSA) is 21.3 Å². The van der Waals surface area contributed by atoms with Crippen LogP contribution in [0.25, 0.3) is 0 Å². The van der Waals surface area contributed by atoms with Crippen LogP contribution in [0.2, 0.25) is 0 Å². The van der Waals surface area contributed by atoms with Crippen molar-refractivity contribution >= 4 is 15.9 Å². The Labute approximate surface area is 69.8 Å². The Hall–Kier alpha value is 0.140. The Bertz CT molecular complexity index is 136. The molecule has 0 saturated heterocycles. The van der Waals surface area contributed by atoms with Crippen LogP contribution in [0.4, 0.5) is 0 Å². The predicted octanol–water partition coefficient (Wildman–Crippen LogP) is 1.27. The molecule has 0 aromatic carbocycles. The van der Waals surface area contributed by atoms with E-state index < -0.39 is 0 Å². The smallest absolute Gasteiger partial charge is 0.0618 e. The first-order chi connectivity index (χ1) is 4.83. The number of halogens is 1. The Morgan fingerprint density at radius 1 is 1.90 bits per heavy atom. The molecule has 1 aliphatic rings. The van der Waals surface area contributed by atoms with E-state index in [9.17, 15) is 0 Å². The molecule has 0 fully saturated rings. The van der Waals surface area contributed by atoms with Gasteiger partial charge >= 0.3 is 0 Å². The number of ether oxygens (including phenoxy) is 1. The Morgan fingerprint density at radius 3 is 3.20 bits per heavy atom. The van der Waals surface area contributed by atoms with Crippen LogP contribution < -0.4 is 5.32 Å². The van der Waals surface area contributed by atoms with E-state index in [1.165, 1.54) is 4.48 Å². The van der Waals surface area contributed by atoms with E-state index in [2.05, 4.69) is 27.3 Å². The highest BCUT2D eigenvalue weighted by Crippen LogP contribution is 2.11. The molecule has 3 heteroatoms. The lowest BCUT2D eigenvalue weighted by Crippen LogP contribution is -2.36. The third-order valence-electron chi connectivity index (χ3n) is 1.55. The standard InChI is InChI=1S/C7H12BrNO/c1-10-5-7-3-2-6(8)4-9-7/h2,7,9H,3-5H2,1H3. The average Bonchev–Trinajstić information content (AvgIpc) is 1.95. The van der Waals surface area contributed by atoms with Crippen molar-refractivity contribution < 1.29 is 4.74 Å². The Balaban J connectivity index is 2.27. The van der Waals surface area contributed by atoms with Crippen molar-refractivity contribution in [1.29, 1.82) is 0 Å². The van der Waals surface area contributed by atoms with Gasteiger partial charge in [-0.1, -0.05) is 22.0 Å². The number of rotatable bonds is 2. The molecule has 1 unspecified atom stereocenters. The summed E-state index contributed by atoms with van der Waals surface area (Å²) >= 11 is 3.42. The molecule has 2 nitrogen and oxygen atoms in total. The molecule has 0 saturated carbocycles. The van der Waals surface area contributed by atoms with Crippen LogP contribution in [0.3, 0.4) is 0 Å². The summed E-state index contributed by atoms with van der Waals surface area (Å²) in [5.41, 5.74) is 0. The normalized spacial score (nSPS) is 26.2. The van der Waals surface area contributed by atoms with E-state index in [0.29, 0.717) is 6.04 Å². The van der Waals surface area contributed by atoms with Crippen LogP contribution in [0.15, 0.2) is 10.6 Å². The summed E-state index contributed by atoms with van der Waals surface area (Å²) in [6, 6.07) is 0.506. The molecule has 10 heavy (non-hydrogen) atoms. The first kappa shape index (κ1) is 8.24. The van der Waals surface area contributed by atoms with Crippen molar-refractivity contribution in [3.63, 3.8) is 0 Å². The zero-order valence-electron chi connectivity index (χ0n) is 6.06. The third kappa shape index (κ3) is 2.40. The molecule has 1 N–H and O–H groups in total. The molecule has 0 aromatic heterocycles. The lowest BCUT2D eigenvalue weighted by atomic mass is 10.1. The number of methoxy groups -OCH3 is 1. The summed E-state index contributed by atoms with van der Waals surface area (Å²) in [4.78, 5) is 0. The van der Waals surface area contributed by atoms with Crippen LogP contribution in [0.5, 0.6) is 0 Å². The Morgan fingerprint density at radius 2 is 2.70 bits per heavy atom. The maximum absolute atomic E-state index is 5.01. The highest BCUT2D eigenvalue weighted by molar-refractivity contribution is 9.11. The van der Waals surface area contributed by atoms with Crippen molar-refractivity contribution in [2.24, 2.45) is 0 Å². The lowest BCUT2D eigenvalue weighted by molar-refractivity contribution is 0.167. The molecule has 1 heterocycles. The van der Waals surface area contributed by atoms with Crippen molar-refractivity contribution in [3.05, 3.63) is 10.6 Å². The quantitative estimate of drug-likeness (QED) is 0.734. The summed E-state index contributed by atoms with van der Waals surface area (Å²) in [6.45, 7) is 1.74. The van der Waals surface area contributed by atoms with Gasteiger partial charge in [0, 0.05) is 24.2 Å². The molecule has 0 radical (unpaired) electrons. The number of hydrogen-bond acceptors (Lipinski definition) is 2. The zero-order valence-corrected chi connectivity index (χ0v) is 7.65. The van der Waals surface area contributed by atoms with Crippen molar-refractivity contribution in [3.8, 4) is 0 Å². The fourth-order valence-corrected chi connectivity index (χ4v) is 1.34. The summed E-state index contributed by atoms with van der Waals surface area (Å²) < 4.78 is 6.26. The van der Waals surface area contributed by atoms with Crippen LogP contribution in [-0.2, 0) is 4.74 Å². The van der Waals surface area contributed by atoms with Gasteiger partial charge < -0.3 is 10.1 Å². The van der Waals surface area contributed by atoms with E-state index in [1.54, 1.807) is 7.11 Å². The first-order valence-electron chi connectivity index (χ1n) is 3.40. The largest absolute Gasteiger partial charge is 0.383 e. The van der Waals surface area contributed by atoms with Gasteiger partial charge in [-0.2, -0.15) is 0 Å². The van der Waals surface area contributed by atoms with Crippen molar-refractivity contribution in [2.75, 3.05) is 20.3 Å². The highest BCUT2D eigenvalue weighted by atomic mass is 79.9. The zero-order chi connectivity index (χ0) is 7.40. The number of nitrogens with one attached hydrogen (secondary N) is 1. The maximum atomic E-state index is 5.01.